The highest BCUT2D eigenvalue weighted by atomic mass is 16.3. The van der Waals surface area contributed by atoms with Crippen LogP contribution in [0.1, 0.15) is 16.7 Å². The molecule has 150 valence electrons. The summed E-state index contributed by atoms with van der Waals surface area (Å²) in [5.74, 6) is 0.479. The number of aryl methyl sites for hydroxylation is 3. The predicted molar refractivity (Wildman–Crippen MR) is 122 cm³/mol. The average molecular weight is 396 g/mol. The maximum atomic E-state index is 10.8. The summed E-state index contributed by atoms with van der Waals surface area (Å²) in [7, 11) is 0. The van der Waals surface area contributed by atoms with E-state index in [1.807, 2.05) is 75.4 Å². The van der Waals surface area contributed by atoms with Crippen molar-refractivity contribution in [3.8, 4) is 50.6 Å². The fraction of sp³-hybridized carbons (Fsp3) is 0.111. The summed E-state index contributed by atoms with van der Waals surface area (Å²) in [6.07, 6.45) is 0. The fourth-order valence-electron chi connectivity index (χ4n) is 3.87. The van der Waals surface area contributed by atoms with Crippen molar-refractivity contribution in [1.29, 1.82) is 0 Å². The van der Waals surface area contributed by atoms with Crippen molar-refractivity contribution in [2.75, 3.05) is 0 Å². The molecule has 0 saturated carbocycles. The molecule has 0 spiro atoms. The van der Waals surface area contributed by atoms with E-state index in [2.05, 4.69) is 0 Å². The van der Waals surface area contributed by atoms with Gasteiger partial charge in [-0.3, -0.25) is 0 Å². The third kappa shape index (κ3) is 3.50. The van der Waals surface area contributed by atoms with Gasteiger partial charge in [-0.25, -0.2) is 0 Å². The van der Waals surface area contributed by atoms with Crippen LogP contribution in [0, 0.1) is 20.8 Å². The third-order valence-corrected chi connectivity index (χ3v) is 5.37. The molecule has 3 nitrogen and oxygen atoms in total. The Hall–Kier alpha value is -3.72. The first-order valence-electron chi connectivity index (χ1n) is 9.88. The summed E-state index contributed by atoms with van der Waals surface area (Å²) in [4.78, 5) is 0. The molecule has 30 heavy (non-hydrogen) atoms. The Kier molecular flexibility index (Phi) is 4.96. The van der Waals surface area contributed by atoms with Crippen molar-refractivity contribution in [3.63, 3.8) is 0 Å². The molecule has 3 N–H and O–H groups in total. The highest BCUT2D eigenvalue weighted by molar-refractivity contribution is 5.98. The van der Waals surface area contributed by atoms with E-state index in [1.165, 1.54) is 0 Å². The molecule has 0 aliphatic carbocycles. The first kappa shape index (κ1) is 19.6. The Labute approximate surface area is 176 Å². The van der Waals surface area contributed by atoms with Gasteiger partial charge in [0.1, 0.15) is 17.2 Å². The standard InChI is InChI=1S/C27H24O3/c1-16-7-10-24(28)21(13-16)19-5-4-6-20(22-14-17(2)8-11-25(22)29)27(19)23-15-18(3)9-12-26(23)30/h4-15,28-30H,1-3H3. The molecule has 0 atom stereocenters. The zero-order valence-corrected chi connectivity index (χ0v) is 17.3. The van der Waals surface area contributed by atoms with E-state index in [9.17, 15) is 15.3 Å². The molecule has 0 aliphatic rings. The van der Waals surface area contributed by atoms with Crippen LogP contribution in [0.4, 0.5) is 0 Å². The van der Waals surface area contributed by atoms with Crippen LogP contribution < -0.4 is 0 Å². The van der Waals surface area contributed by atoms with Crippen LogP contribution in [0.2, 0.25) is 0 Å². The Bertz CT molecular complexity index is 1190. The van der Waals surface area contributed by atoms with Gasteiger partial charge in [-0.05, 0) is 68.3 Å². The van der Waals surface area contributed by atoms with Gasteiger partial charge >= 0.3 is 0 Å². The van der Waals surface area contributed by atoms with E-state index < -0.39 is 0 Å². The number of hydrogen-bond acceptors (Lipinski definition) is 3. The molecule has 4 rings (SSSR count). The van der Waals surface area contributed by atoms with Crippen LogP contribution >= 0.6 is 0 Å². The first-order chi connectivity index (χ1) is 14.3. The molecule has 0 heterocycles. The SMILES string of the molecule is Cc1ccc(O)c(-c2cccc(-c3cc(C)ccc3O)c2-c2cc(C)ccc2O)c1. The molecule has 4 aromatic rings. The van der Waals surface area contributed by atoms with Crippen LogP contribution in [0.25, 0.3) is 33.4 Å². The normalized spacial score (nSPS) is 10.9. The monoisotopic (exact) mass is 396 g/mol. The van der Waals surface area contributed by atoms with Gasteiger partial charge in [0.15, 0.2) is 0 Å². The lowest BCUT2D eigenvalue weighted by molar-refractivity contribution is 0.475. The Morgan fingerprint density at radius 3 is 1.23 bits per heavy atom. The van der Waals surface area contributed by atoms with Crippen molar-refractivity contribution in [2.45, 2.75) is 20.8 Å². The predicted octanol–water partition coefficient (Wildman–Crippen LogP) is 6.73. The molecule has 0 aliphatic heterocycles. The number of phenolic OH excluding ortho intramolecular Hbond substituents is 3. The Morgan fingerprint density at radius 1 is 0.433 bits per heavy atom. The van der Waals surface area contributed by atoms with Crippen LogP contribution in [0.15, 0.2) is 72.8 Å². The van der Waals surface area contributed by atoms with Gasteiger partial charge in [-0.2, -0.15) is 0 Å². The fourth-order valence-corrected chi connectivity index (χ4v) is 3.87. The average Bonchev–Trinajstić information content (AvgIpc) is 2.73. The Morgan fingerprint density at radius 2 is 0.800 bits per heavy atom. The second-order valence-electron chi connectivity index (χ2n) is 7.79. The van der Waals surface area contributed by atoms with Crippen LogP contribution in [-0.2, 0) is 0 Å². The van der Waals surface area contributed by atoms with Gasteiger partial charge in [0.2, 0.25) is 0 Å². The lowest BCUT2D eigenvalue weighted by atomic mass is 9.85. The number of benzene rings is 4. The maximum absolute atomic E-state index is 10.8. The summed E-state index contributed by atoms with van der Waals surface area (Å²) in [6, 6.07) is 22.2. The first-order valence-corrected chi connectivity index (χ1v) is 9.88. The highest BCUT2D eigenvalue weighted by Crippen LogP contribution is 2.47. The van der Waals surface area contributed by atoms with Crippen molar-refractivity contribution in [3.05, 3.63) is 89.5 Å². The highest BCUT2D eigenvalue weighted by Gasteiger charge is 2.20. The minimum absolute atomic E-state index is 0.147. The Balaban J connectivity index is 2.14. The van der Waals surface area contributed by atoms with Crippen molar-refractivity contribution >= 4 is 0 Å². The second kappa shape index (κ2) is 7.60. The number of aromatic hydroxyl groups is 3. The van der Waals surface area contributed by atoms with Gasteiger partial charge in [0.05, 0.1) is 0 Å². The van der Waals surface area contributed by atoms with Crippen molar-refractivity contribution < 1.29 is 15.3 Å². The van der Waals surface area contributed by atoms with Gasteiger partial charge in [0.25, 0.3) is 0 Å². The molecular formula is C27H24O3. The molecule has 0 fully saturated rings. The third-order valence-electron chi connectivity index (χ3n) is 5.37. The topological polar surface area (TPSA) is 60.7 Å². The number of hydrogen-bond donors (Lipinski definition) is 3. The van der Waals surface area contributed by atoms with Gasteiger partial charge in [-0.15, -0.1) is 0 Å². The lowest BCUT2D eigenvalue weighted by Gasteiger charge is -2.19. The van der Waals surface area contributed by atoms with E-state index in [-0.39, 0.29) is 17.2 Å². The smallest absolute Gasteiger partial charge is 0.123 e. The largest absolute Gasteiger partial charge is 0.507 e. The number of rotatable bonds is 3. The van der Waals surface area contributed by atoms with Gasteiger partial charge < -0.3 is 15.3 Å². The quantitative estimate of drug-likeness (QED) is 0.360. The molecule has 0 aromatic heterocycles. The van der Waals surface area contributed by atoms with E-state index >= 15 is 0 Å². The second-order valence-corrected chi connectivity index (χ2v) is 7.79. The van der Waals surface area contributed by atoms with E-state index in [0.717, 1.165) is 33.4 Å². The maximum Gasteiger partial charge on any atom is 0.123 e. The molecule has 0 saturated heterocycles. The summed E-state index contributed by atoms with van der Waals surface area (Å²) in [6.45, 7) is 5.92. The minimum atomic E-state index is 0.147. The van der Waals surface area contributed by atoms with Crippen LogP contribution in [0.5, 0.6) is 17.2 Å². The van der Waals surface area contributed by atoms with E-state index in [4.69, 9.17) is 0 Å². The van der Waals surface area contributed by atoms with Gasteiger partial charge in [-0.1, -0.05) is 53.1 Å². The summed E-state index contributed by atoms with van der Waals surface area (Å²) in [5.41, 5.74) is 7.40. The van der Waals surface area contributed by atoms with Crippen LogP contribution in [-0.4, -0.2) is 15.3 Å². The molecule has 0 radical (unpaired) electrons. The molecular weight excluding hydrogens is 372 g/mol. The summed E-state index contributed by atoms with van der Waals surface area (Å²) in [5, 5.41) is 32.0. The lowest BCUT2D eigenvalue weighted by Crippen LogP contribution is -1.93. The minimum Gasteiger partial charge on any atom is -0.507 e. The molecule has 0 bridgehead atoms. The van der Waals surface area contributed by atoms with E-state index in [0.29, 0.717) is 16.7 Å². The zero-order valence-electron chi connectivity index (χ0n) is 17.3. The summed E-state index contributed by atoms with van der Waals surface area (Å²) >= 11 is 0. The molecule has 0 unspecified atom stereocenters. The number of phenols is 3. The van der Waals surface area contributed by atoms with E-state index in [1.54, 1.807) is 18.2 Å². The summed E-state index contributed by atoms with van der Waals surface area (Å²) < 4.78 is 0. The zero-order chi connectivity index (χ0) is 21.4. The molecule has 0 amide bonds. The van der Waals surface area contributed by atoms with Crippen molar-refractivity contribution in [2.24, 2.45) is 0 Å². The van der Waals surface area contributed by atoms with Crippen LogP contribution in [0.3, 0.4) is 0 Å². The molecule has 4 aromatic carbocycles. The van der Waals surface area contributed by atoms with Crippen molar-refractivity contribution in [1.82, 2.24) is 0 Å². The van der Waals surface area contributed by atoms with Gasteiger partial charge in [0, 0.05) is 22.3 Å². The molecule has 3 heteroatoms.